The van der Waals surface area contributed by atoms with Gasteiger partial charge in [0.25, 0.3) is 0 Å². The van der Waals surface area contributed by atoms with Gasteiger partial charge in [0, 0.05) is 13.1 Å². The van der Waals surface area contributed by atoms with Gasteiger partial charge < -0.3 is 10.6 Å². The van der Waals surface area contributed by atoms with Crippen LogP contribution in [0.15, 0.2) is 10.7 Å². The zero-order valence-electron chi connectivity index (χ0n) is 9.55. The fourth-order valence-corrected chi connectivity index (χ4v) is 2.06. The maximum atomic E-state index is 5.79. The first-order chi connectivity index (χ1) is 7.11. The molecule has 1 rings (SSSR count). The predicted octanol–water partition coefficient (Wildman–Crippen LogP) is 2.97. The molecule has 0 spiro atoms. The van der Waals surface area contributed by atoms with E-state index in [4.69, 9.17) is 5.73 Å². The zero-order chi connectivity index (χ0) is 11.4. The van der Waals surface area contributed by atoms with Crippen molar-refractivity contribution in [3.8, 4) is 0 Å². The van der Waals surface area contributed by atoms with Crippen LogP contribution < -0.4 is 10.6 Å². The van der Waals surface area contributed by atoms with Crippen LogP contribution in [0.4, 0.5) is 11.5 Å². The smallest absolute Gasteiger partial charge is 0.143 e. The summed E-state index contributed by atoms with van der Waals surface area (Å²) < 4.78 is 1.01. The minimum Gasteiger partial charge on any atom is -0.397 e. The molecule has 15 heavy (non-hydrogen) atoms. The largest absolute Gasteiger partial charge is 0.397 e. The molecule has 0 unspecified atom stereocenters. The second-order valence-corrected chi connectivity index (χ2v) is 4.35. The van der Waals surface area contributed by atoms with E-state index in [1.807, 2.05) is 6.92 Å². The quantitative estimate of drug-likeness (QED) is 0.916. The maximum Gasteiger partial charge on any atom is 0.143 e. The molecule has 2 N–H and O–H groups in total. The molecule has 0 bridgehead atoms. The Balaban J connectivity index is 3.07. The third-order valence-corrected chi connectivity index (χ3v) is 3.41. The highest BCUT2D eigenvalue weighted by molar-refractivity contribution is 9.10. The lowest BCUT2D eigenvalue weighted by Crippen LogP contribution is -2.25. The van der Waals surface area contributed by atoms with Crippen LogP contribution in [0.1, 0.15) is 25.8 Å². The van der Waals surface area contributed by atoms with Crippen molar-refractivity contribution >= 4 is 27.4 Å². The first-order valence-corrected chi connectivity index (χ1v) is 6.06. The van der Waals surface area contributed by atoms with Crippen molar-refractivity contribution in [2.75, 3.05) is 23.7 Å². The number of nitrogens with zero attached hydrogens (tertiary/aromatic N) is 2. The number of pyridine rings is 1. The van der Waals surface area contributed by atoms with Gasteiger partial charge in [0.2, 0.25) is 0 Å². The summed E-state index contributed by atoms with van der Waals surface area (Å²) in [4.78, 5) is 6.63. The lowest BCUT2D eigenvalue weighted by molar-refractivity contribution is 0.776. The van der Waals surface area contributed by atoms with Gasteiger partial charge in [-0.1, -0.05) is 6.92 Å². The number of rotatable bonds is 4. The van der Waals surface area contributed by atoms with E-state index in [1.165, 1.54) is 0 Å². The van der Waals surface area contributed by atoms with Crippen molar-refractivity contribution in [1.29, 1.82) is 0 Å². The van der Waals surface area contributed by atoms with Crippen LogP contribution in [0.25, 0.3) is 0 Å². The summed E-state index contributed by atoms with van der Waals surface area (Å²) in [5.74, 6) is 0.992. The van der Waals surface area contributed by atoms with Gasteiger partial charge in [-0.3, -0.25) is 0 Å². The third-order valence-electron chi connectivity index (χ3n) is 2.46. The van der Waals surface area contributed by atoms with Crippen LogP contribution in [0.3, 0.4) is 0 Å². The Labute approximate surface area is 99.8 Å². The van der Waals surface area contributed by atoms with Crippen molar-refractivity contribution < 1.29 is 0 Å². The summed E-state index contributed by atoms with van der Waals surface area (Å²) in [6.07, 6.45) is 2.85. The van der Waals surface area contributed by atoms with Gasteiger partial charge in [0.05, 0.1) is 16.4 Å². The molecule has 0 atom stereocenters. The van der Waals surface area contributed by atoms with E-state index < -0.39 is 0 Å². The summed E-state index contributed by atoms with van der Waals surface area (Å²) in [6.45, 7) is 8.29. The number of anilines is 2. The molecule has 0 amide bonds. The molecule has 3 nitrogen and oxygen atoms in total. The summed E-state index contributed by atoms with van der Waals surface area (Å²) in [5, 5.41) is 0. The lowest BCUT2D eigenvalue weighted by atomic mass is 10.2. The van der Waals surface area contributed by atoms with Crippen LogP contribution >= 0.6 is 15.9 Å². The SMILES string of the molecule is CCCN(CC)c1ncc(N)c(C)c1Br. The van der Waals surface area contributed by atoms with Gasteiger partial charge in [-0.15, -0.1) is 0 Å². The summed E-state index contributed by atoms with van der Waals surface area (Å²) >= 11 is 3.56. The fraction of sp³-hybridized carbons (Fsp3) is 0.545. The van der Waals surface area contributed by atoms with Crippen molar-refractivity contribution in [1.82, 2.24) is 4.98 Å². The number of aromatic nitrogens is 1. The van der Waals surface area contributed by atoms with Crippen molar-refractivity contribution in [2.45, 2.75) is 27.2 Å². The molecule has 0 aliphatic heterocycles. The molecule has 0 saturated carbocycles. The highest BCUT2D eigenvalue weighted by Gasteiger charge is 2.12. The molecule has 0 aliphatic rings. The number of hydrogen-bond donors (Lipinski definition) is 1. The lowest BCUT2D eigenvalue weighted by Gasteiger charge is -2.23. The Kier molecular flexibility index (Phi) is 4.39. The molecule has 0 fully saturated rings. The monoisotopic (exact) mass is 271 g/mol. The Hall–Kier alpha value is -0.770. The van der Waals surface area contributed by atoms with Crippen LogP contribution in [0, 0.1) is 6.92 Å². The molecule has 1 heterocycles. The molecule has 4 heteroatoms. The van der Waals surface area contributed by atoms with Gasteiger partial charge in [0.1, 0.15) is 5.82 Å². The Morgan fingerprint density at radius 2 is 2.13 bits per heavy atom. The first kappa shape index (κ1) is 12.3. The van der Waals surface area contributed by atoms with Gasteiger partial charge in [-0.25, -0.2) is 4.98 Å². The topological polar surface area (TPSA) is 42.2 Å². The number of halogens is 1. The molecular formula is C11H18BrN3. The predicted molar refractivity (Wildman–Crippen MR) is 69.3 cm³/mol. The van der Waals surface area contributed by atoms with E-state index in [1.54, 1.807) is 6.20 Å². The van der Waals surface area contributed by atoms with Crippen LogP contribution in [0.5, 0.6) is 0 Å². The van der Waals surface area contributed by atoms with Crippen molar-refractivity contribution in [3.05, 3.63) is 16.2 Å². The van der Waals surface area contributed by atoms with E-state index in [0.29, 0.717) is 0 Å². The summed E-state index contributed by atoms with van der Waals surface area (Å²) in [6, 6.07) is 0. The van der Waals surface area contributed by atoms with E-state index in [9.17, 15) is 0 Å². The Morgan fingerprint density at radius 3 is 2.67 bits per heavy atom. The number of nitrogens with two attached hydrogens (primary N) is 1. The molecule has 1 aromatic rings. The second-order valence-electron chi connectivity index (χ2n) is 3.56. The Bertz CT molecular complexity index is 339. The van der Waals surface area contributed by atoms with Crippen molar-refractivity contribution in [3.63, 3.8) is 0 Å². The average Bonchev–Trinajstić information content (AvgIpc) is 2.24. The van der Waals surface area contributed by atoms with E-state index in [0.717, 1.165) is 41.1 Å². The minimum atomic E-state index is 0.734. The molecule has 84 valence electrons. The molecule has 0 radical (unpaired) electrons. The minimum absolute atomic E-state index is 0.734. The average molecular weight is 272 g/mol. The fourth-order valence-electron chi connectivity index (χ4n) is 1.48. The van der Waals surface area contributed by atoms with Crippen molar-refractivity contribution in [2.24, 2.45) is 0 Å². The highest BCUT2D eigenvalue weighted by atomic mass is 79.9. The highest BCUT2D eigenvalue weighted by Crippen LogP contribution is 2.30. The van der Waals surface area contributed by atoms with E-state index >= 15 is 0 Å². The second kappa shape index (κ2) is 5.35. The van der Waals surface area contributed by atoms with Gasteiger partial charge in [0.15, 0.2) is 0 Å². The first-order valence-electron chi connectivity index (χ1n) is 5.27. The maximum absolute atomic E-state index is 5.79. The van der Waals surface area contributed by atoms with Gasteiger partial charge in [-0.2, -0.15) is 0 Å². The van der Waals surface area contributed by atoms with Gasteiger partial charge >= 0.3 is 0 Å². The summed E-state index contributed by atoms with van der Waals surface area (Å²) in [5.41, 5.74) is 7.59. The van der Waals surface area contributed by atoms with Crippen LogP contribution in [0.2, 0.25) is 0 Å². The zero-order valence-corrected chi connectivity index (χ0v) is 11.1. The third kappa shape index (κ3) is 2.62. The normalized spacial score (nSPS) is 10.4. The van der Waals surface area contributed by atoms with E-state index in [-0.39, 0.29) is 0 Å². The molecule has 0 saturated heterocycles. The Morgan fingerprint density at radius 1 is 1.47 bits per heavy atom. The molecule has 0 aliphatic carbocycles. The summed E-state index contributed by atoms with van der Waals surface area (Å²) in [7, 11) is 0. The standard InChI is InChI=1S/C11H18BrN3/c1-4-6-15(5-2)11-10(12)8(3)9(13)7-14-11/h7H,4-6,13H2,1-3H3. The number of hydrogen-bond acceptors (Lipinski definition) is 3. The molecule has 0 aromatic carbocycles. The van der Waals surface area contributed by atoms with Crippen LogP contribution in [-0.2, 0) is 0 Å². The molecule has 1 aromatic heterocycles. The van der Waals surface area contributed by atoms with E-state index in [2.05, 4.69) is 39.7 Å². The molecular weight excluding hydrogens is 254 g/mol. The number of nitrogen functional groups attached to an aromatic ring is 1. The van der Waals surface area contributed by atoms with Gasteiger partial charge in [-0.05, 0) is 41.8 Å². The van der Waals surface area contributed by atoms with Crippen LogP contribution in [-0.4, -0.2) is 18.1 Å².